The van der Waals surface area contributed by atoms with Gasteiger partial charge in [0.05, 0.1) is 13.2 Å². The molecule has 0 radical (unpaired) electrons. The van der Waals surface area contributed by atoms with E-state index in [9.17, 15) is 14.4 Å². The lowest BCUT2D eigenvalue weighted by molar-refractivity contribution is -0.148. The van der Waals surface area contributed by atoms with Gasteiger partial charge in [0.15, 0.2) is 0 Å². The number of primary amides is 2. The first kappa shape index (κ1) is 27.3. The second-order valence-corrected chi connectivity index (χ2v) is 8.28. The average molecular weight is 455 g/mol. The van der Waals surface area contributed by atoms with E-state index in [2.05, 4.69) is 6.58 Å². The number of nitrogens with two attached hydrogens (primary N) is 2. The van der Waals surface area contributed by atoms with Crippen molar-refractivity contribution in [2.24, 2.45) is 22.3 Å². The summed E-state index contributed by atoms with van der Waals surface area (Å²) in [6, 6.07) is 0. The largest absolute Gasteiger partial charge is 0.462 e. The fourth-order valence-electron chi connectivity index (χ4n) is 3.36. The van der Waals surface area contributed by atoms with Crippen molar-refractivity contribution in [1.29, 1.82) is 0 Å². The first-order valence-corrected chi connectivity index (χ1v) is 10.2. The van der Waals surface area contributed by atoms with E-state index in [1.165, 1.54) is 0 Å². The van der Waals surface area contributed by atoms with E-state index in [0.29, 0.717) is 12.8 Å². The molecular formula is C19H32Cl2N2O6. The van der Waals surface area contributed by atoms with E-state index >= 15 is 0 Å². The number of carbonyl (C=O) groups excluding carboxylic acids is 3. The van der Waals surface area contributed by atoms with Gasteiger partial charge in [-0.15, -0.1) is 23.2 Å². The zero-order chi connectivity index (χ0) is 22.9. The minimum atomic E-state index is -1.11. The van der Waals surface area contributed by atoms with E-state index in [1.54, 1.807) is 20.8 Å². The minimum absolute atomic E-state index is 0.0288. The fraction of sp³-hybridized carbons (Fsp3) is 0.737. The van der Waals surface area contributed by atoms with Gasteiger partial charge in [-0.1, -0.05) is 13.5 Å². The maximum Gasteiger partial charge on any atom is 0.405 e. The van der Waals surface area contributed by atoms with Gasteiger partial charge in [-0.05, 0) is 40.0 Å². The molecule has 29 heavy (non-hydrogen) atoms. The van der Waals surface area contributed by atoms with Gasteiger partial charge in [-0.3, -0.25) is 0 Å². The Labute approximate surface area is 182 Å². The number of hydrogen-bond acceptors (Lipinski definition) is 6. The summed E-state index contributed by atoms with van der Waals surface area (Å²) in [5.74, 6) is -0.300. The highest BCUT2D eigenvalue weighted by atomic mass is 35.5. The molecule has 0 aromatic heterocycles. The summed E-state index contributed by atoms with van der Waals surface area (Å²) in [5.41, 5.74) is 7.80. The van der Waals surface area contributed by atoms with Gasteiger partial charge in [0, 0.05) is 28.2 Å². The topological polar surface area (TPSA) is 131 Å². The highest BCUT2D eigenvalue weighted by Crippen LogP contribution is 2.55. The SMILES string of the molecule is C=C(C)C(=O)OCCC(C)(C(CCl)(CCl)CCCOC(N)=O)C(C)(C)OC(N)=O. The summed E-state index contributed by atoms with van der Waals surface area (Å²) in [5, 5.41) is 0. The zero-order valence-corrected chi connectivity index (χ0v) is 19.0. The maximum atomic E-state index is 11.8. The van der Waals surface area contributed by atoms with Crippen LogP contribution in [0.3, 0.4) is 0 Å². The summed E-state index contributed by atoms with van der Waals surface area (Å²) in [6.07, 6.45) is -0.683. The molecule has 4 N–H and O–H groups in total. The van der Waals surface area contributed by atoms with Crippen molar-refractivity contribution in [3.05, 3.63) is 12.2 Å². The molecule has 0 rings (SSSR count). The molecule has 0 aliphatic carbocycles. The smallest absolute Gasteiger partial charge is 0.405 e. The van der Waals surface area contributed by atoms with Crippen molar-refractivity contribution in [1.82, 2.24) is 0 Å². The molecule has 0 fully saturated rings. The van der Waals surface area contributed by atoms with E-state index in [-0.39, 0.29) is 37.0 Å². The lowest BCUT2D eigenvalue weighted by atomic mass is 9.55. The van der Waals surface area contributed by atoms with Crippen LogP contribution >= 0.6 is 23.2 Å². The minimum Gasteiger partial charge on any atom is -0.462 e. The van der Waals surface area contributed by atoms with Crippen LogP contribution in [0, 0.1) is 10.8 Å². The standard InChI is InChI=1S/C19H32Cl2N2O6/c1-13(2)14(24)27-10-8-18(5,17(3,4)29-16(23)26)19(11-20,12-21)7-6-9-28-15(22)25/h1,6-12H2,2-5H3,(H2,22,25)(H2,23,26). The number of ether oxygens (including phenoxy) is 3. The van der Waals surface area contributed by atoms with Crippen LogP contribution in [-0.2, 0) is 19.0 Å². The molecule has 8 nitrogen and oxygen atoms in total. The Morgan fingerprint density at radius 1 is 0.931 bits per heavy atom. The summed E-state index contributed by atoms with van der Waals surface area (Å²) in [6.45, 7) is 10.5. The number of amides is 2. The van der Waals surface area contributed by atoms with Gasteiger partial charge in [-0.2, -0.15) is 0 Å². The van der Waals surface area contributed by atoms with Crippen LogP contribution in [0.25, 0.3) is 0 Å². The van der Waals surface area contributed by atoms with Gasteiger partial charge in [0.2, 0.25) is 0 Å². The van der Waals surface area contributed by atoms with Gasteiger partial charge in [0.1, 0.15) is 5.60 Å². The lowest BCUT2D eigenvalue weighted by Gasteiger charge is -2.54. The number of esters is 1. The first-order chi connectivity index (χ1) is 13.3. The van der Waals surface area contributed by atoms with Gasteiger partial charge >= 0.3 is 18.2 Å². The van der Waals surface area contributed by atoms with E-state index < -0.39 is 34.6 Å². The summed E-state index contributed by atoms with van der Waals surface area (Å²) in [4.78, 5) is 34.1. The Morgan fingerprint density at radius 2 is 1.48 bits per heavy atom. The molecule has 0 heterocycles. The maximum absolute atomic E-state index is 11.8. The quantitative estimate of drug-likeness (QED) is 0.143. The Hall–Kier alpha value is -1.67. The molecule has 0 aromatic carbocycles. The van der Waals surface area contributed by atoms with Crippen molar-refractivity contribution in [2.45, 2.75) is 52.6 Å². The highest BCUT2D eigenvalue weighted by Gasteiger charge is 2.57. The van der Waals surface area contributed by atoms with Crippen LogP contribution < -0.4 is 11.5 Å². The number of alkyl halides is 2. The molecular weight excluding hydrogens is 423 g/mol. The molecule has 168 valence electrons. The third-order valence-electron chi connectivity index (χ3n) is 5.59. The van der Waals surface area contributed by atoms with Crippen LogP contribution in [0.2, 0.25) is 0 Å². The van der Waals surface area contributed by atoms with Crippen molar-refractivity contribution >= 4 is 41.4 Å². The number of rotatable bonds is 13. The normalized spacial score (nSPS) is 13.9. The number of hydrogen-bond donors (Lipinski definition) is 2. The average Bonchev–Trinajstić information content (AvgIpc) is 2.60. The second-order valence-electron chi connectivity index (χ2n) is 7.75. The number of halogens is 2. The third kappa shape index (κ3) is 7.26. The second kappa shape index (κ2) is 11.5. The van der Waals surface area contributed by atoms with Crippen molar-refractivity contribution < 1.29 is 28.6 Å². The zero-order valence-electron chi connectivity index (χ0n) is 17.5. The molecule has 0 bridgehead atoms. The Balaban J connectivity index is 5.84. The molecule has 0 saturated carbocycles. The van der Waals surface area contributed by atoms with Crippen LogP contribution in [-0.4, -0.2) is 48.7 Å². The van der Waals surface area contributed by atoms with E-state index in [0.717, 1.165) is 0 Å². The molecule has 2 amide bonds. The Kier molecular flexibility index (Phi) is 10.8. The molecule has 0 saturated heterocycles. The van der Waals surface area contributed by atoms with E-state index in [4.69, 9.17) is 48.9 Å². The monoisotopic (exact) mass is 454 g/mol. The number of carbonyl (C=O) groups is 3. The molecule has 1 atom stereocenters. The first-order valence-electron chi connectivity index (χ1n) is 9.14. The molecule has 0 spiro atoms. The Bertz CT molecular complexity index is 608. The van der Waals surface area contributed by atoms with Crippen LogP contribution in [0.15, 0.2) is 12.2 Å². The molecule has 0 aliphatic rings. The molecule has 0 aliphatic heterocycles. The van der Waals surface area contributed by atoms with Crippen LogP contribution in [0.5, 0.6) is 0 Å². The fourth-order valence-corrected chi connectivity index (χ4v) is 4.51. The van der Waals surface area contributed by atoms with E-state index in [1.807, 2.05) is 6.92 Å². The van der Waals surface area contributed by atoms with Crippen molar-refractivity contribution in [2.75, 3.05) is 25.0 Å². The molecule has 1 unspecified atom stereocenters. The van der Waals surface area contributed by atoms with Crippen LogP contribution in [0.4, 0.5) is 9.59 Å². The highest BCUT2D eigenvalue weighted by molar-refractivity contribution is 6.21. The summed E-state index contributed by atoms with van der Waals surface area (Å²) < 4.78 is 15.5. The van der Waals surface area contributed by atoms with Gasteiger partial charge in [-0.25, -0.2) is 14.4 Å². The van der Waals surface area contributed by atoms with Gasteiger partial charge in [0.25, 0.3) is 0 Å². The predicted molar refractivity (Wildman–Crippen MR) is 112 cm³/mol. The van der Waals surface area contributed by atoms with Crippen molar-refractivity contribution in [3.63, 3.8) is 0 Å². The van der Waals surface area contributed by atoms with Crippen LogP contribution in [0.1, 0.15) is 47.0 Å². The predicted octanol–water partition coefficient (Wildman–Crippen LogP) is 3.72. The third-order valence-corrected chi connectivity index (χ3v) is 6.62. The lowest BCUT2D eigenvalue weighted by Crippen LogP contribution is -2.58. The summed E-state index contributed by atoms with van der Waals surface area (Å²) in [7, 11) is 0. The summed E-state index contributed by atoms with van der Waals surface area (Å²) >= 11 is 12.7. The molecule has 0 aromatic rings. The Morgan fingerprint density at radius 3 is 1.90 bits per heavy atom. The molecule has 10 heteroatoms. The van der Waals surface area contributed by atoms with Crippen molar-refractivity contribution in [3.8, 4) is 0 Å². The van der Waals surface area contributed by atoms with Gasteiger partial charge < -0.3 is 25.7 Å².